The van der Waals surface area contributed by atoms with E-state index in [1.165, 1.54) is 11.3 Å². The van der Waals surface area contributed by atoms with Crippen molar-refractivity contribution in [3.63, 3.8) is 0 Å². The number of esters is 1. The largest absolute Gasteiger partial charge is 0.465 e. The van der Waals surface area contributed by atoms with Crippen LogP contribution in [0.25, 0.3) is 0 Å². The van der Waals surface area contributed by atoms with E-state index in [0.717, 1.165) is 4.88 Å². The van der Waals surface area contributed by atoms with Gasteiger partial charge in [0.05, 0.1) is 13.2 Å². The van der Waals surface area contributed by atoms with Crippen LogP contribution < -0.4 is 11.1 Å². The van der Waals surface area contributed by atoms with Crippen molar-refractivity contribution in [1.82, 2.24) is 5.32 Å². The van der Waals surface area contributed by atoms with Crippen LogP contribution in [0.2, 0.25) is 0 Å². The molecule has 0 saturated carbocycles. The second kappa shape index (κ2) is 6.24. The molecule has 1 aromatic rings. The summed E-state index contributed by atoms with van der Waals surface area (Å²) in [6, 6.07) is 2.98. The molecule has 5 nitrogen and oxygen atoms in total. The molecule has 1 rings (SSSR count). The highest BCUT2D eigenvalue weighted by Gasteiger charge is 2.19. The van der Waals surface area contributed by atoms with E-state index in [4.69, 9.17) is 10.5 Å². The molecule has 6 heteroatoms. The van der Waals surface area contributed by atoms with Crippen molar-refractivity contribution in [3.05, 3.63) is 22.4 Å². The first-order valence-corrected chi connectivity index (χ1v) is 5.74. The summed E-state index contributed by atoms with van der Waals surface area (Å²) in [6.45, 7) is 2.02. The summed E-state index contributed by atoms with van der Waals surface area (Å²) >= 11 is 1.41. The van der Waals surface area contributed by atoms with Crippen LogP contribution in [-0.2, 0) is 14.3 Å². The lowest BCUT2D eigenvalue weighted by molar-refractivity contribution is -0.142. The minimum absolute atomic E-state index is 0.0284. The third-order valence-electron chi connectivity index (χ3n) is 1.87. The highest BCUT2D eigenvalue weighted by Crippen LogP contribution is 2.18. The summed E-state index contributed by atoms with van der Waals surface area (Å²) in [4.78, 5) is 23.1. The molecule has 0 aliphatic heterocycles. The van der Waals surface area contributed by atoms with E-state index < -0.39 is 17.9 Å². The number of carbonyl (C=O) groups is 2. The Bertz CT molecular complexity index is 351. The molecule has 1 unspecified atom stereocenters. The molecular formula is C10H14N2O3S. The van der Waals surface area contributed by atoms with Crippen molar-refractivity contribution in [2.24, 2.45) is 5.73 Å². The first-order chi connectivity index (χ1) is 7.65. The van der Waals surface area contributed by atoms with Gasteiger partial charge in [0, 0.05) is 4.88 Å². The van der Waals surface area contributed by atoms with Gasteiger partial charge < -0.3 is 10.5 Å². The second-order valence-corrected chi connectivity index (χ2v) is 4.02. The van der Waals surface area contributed by atoms with Gasteiger partial charge in [0.2, 0.25) is 5.91 Å². The molecule has 0 bridgehead atoms. The van der Waals surface area contributed by atoms with Crippen LogP contribution in [-0.4, -0.2) is 25.0 Å². The van der Waals surface area contributed by atoms with Crippen LogP contribution in [0.5, 0.6) is 0 Å². The molecular weight excluding hydrogens is 228 g/mol. The van der Waals surface area contributed by atoms with Gasteiger partial charge in [0.1, 0.15) is 6.04 Å². The number of primary amides is 1. The van der Waals surface area contributed by atoms with E-state index in [-0.39, 0.29) is 6.54 Å². The number of rotatable bonds is 6. The number of nitrogens with two attached hydrogens (primary N) is 1. The fraction of sp³-hybridized carbons (Fsp3) is 0.400. The van der Waals surface area contributed by atoms with Gasteiger partial charge in [-0.1, -0.05) is 6.07 Å². The van der Waals surface area contributed by atoms with E-state index in [1.807, 2.05) is 11.4 Å². The highest BCUT2D eigenvalue weighted by molar-refractivity contribution is 7.10. The van der Waals surface area contributed by atoms with E-state index in [9.17, 15) is 9.59 Å². The predicted molar refractivity (Wildman–Crippen MR) is 60.9 cm³/mol. The number of hydrogen-bond donors (Lipinski definition) is 2. The summed E-state index contributed by atoms with van der Waals surface area (Å²) in [5, 5.41) is 4.61. The molecule has 1 atom stereocenters. The zero-order chi connectivity index (χ0) is 12.0. The average Bonchev–Trinajstić information content (AvgIpc) is 2.71. The Kier molecular flexibility index (Phi) is 4.94. The Morgan fingerprint density at radius 1 is 1.62 bits per heavy atom. The van der Waals surface area contributed by atoms with E-state index in [1.54, 1.807) is 13.0 Å². The Labute approximate surface area is 97.6 Å². The Morgan fingerprint density at radius 2 is 2.38 bits per heavy atom. The van der Waals surface area contributed by atoms with Gasteiger partial charge in [-0.05, 0) is 18.4 Å². The maximum atomic E-state index is 11.2. The smallest absolute Gasteiger partial charge is 0.319 e. The highest BCUT2D eigenvalue weighted by atomic mass is 32.1. The zero-order valence-corrected chi connectivity index (χ0v) is 9.75. The van der Waals surface area contributed by atoms with E-state index in [0.29, 0.717) is 6.61 Å². The molecule has 0 radical (unpaired) electrons. The van der Waals surface area contributed by atoms with E-state index >= 15 is 0 Å². The van der Waals surface area contributed by atoms with Crippen molar-refractivity contribution in [2.75, 3.05) is 13.2 Å². The summed E-state index contributed by atoms with van der Waals surface area (Å²) in [5.74, 6) is -0.906. The first-order valence-electron chi connectivity index (χ1n) is 4.87. The lowest BCUT2D eigenvalue weighted by Crippen LogP contribution is -2.36. The number of amides is 1. The van der Waals surface area contributed by atoms with Gasteiger partial charge in [-0.2, -0.15) is 0 Å². The van der Waals surface area contributed by atoms with Gasteiger partial charge in [0.15, 0.2) is 0 Å². The van der Waals surface area contributed by atoms with Crippen LogP contribution in [0.15, 0.2) is 17.5 Å². The molecule has 1 amide bonds. The monoisotopic (exact) mass is 242 g/mol. The van der Waals surface area contributed by atoms with Crippen molar-refractivity contribution in [1.29, 1.82) is 0 Å². The first kappa shape index (κ1) is 12.7. The van der Waals surface area contributed by atoms with Crippen LogP contribution in [0, 0.1) is 0 Å². The summed E-state index contributed by atoms with van der Waals surface area (Å²) < 4.78 is 4.74. The minimum Gasteiger partial charge on any atom is -0.465 e. The quantitative estimate of drug-likeness (QED) is 0.709. The molecule has 0 aromatic carbocycles. The molecule has 88 valence electrons. The Balaban J connectivity index is 2.54. The van der Waals surface area contributed by atoms with Crippen LogP contribution in [0.1, 0.15) is 17.8 Å². The van der Waals surface area contributed by atoms with Crippen molar-refractivity contribution in [2.45, 2.75) is 13.0 Å². The second-order valence-electron chi connectivity index (χ2n) is 3.04. The summed E-state index contributed by atoms with van der Waals surface area (Å²) in [6.07, 6.45) is 0. The fourth-order valence-corrected chi connectivity index (χ4v) is 2.00. The van der Waals surface area contributed by atoms with Gasteiger partial charge in [0.25, 0.3) is 0 Å². The normalized spacial score (nSPS) is 12.1. The predicted octanol–water partition coefficient (Wildman–Crippen LogP) is 0.427. The standard InChI is InChI=1S/C10H14N2O3S/c1-2-15-8(13)6-12-9(10(11)14)7-4-3-5-16-7/h3-5,9,12H,2,6H2,1H3,(H2,11,14). The minimum atomic E-state index is -0.635. The third-order valence-corrected chi connectivity index (χ3v) is 2.81. The number of carbonyl (C=O) groups excluding carboxylic acids is 2. The van der Waals surface area contributed by atoms with Gasteiger partial charge in [-0.25, -0.2) is 0 Å². The fourth-order valence-electron chi connectivity index (χ4n) is 1.19. The van der Waals surface area contributed by atoms with Crippen molar-refractivity contribution >= 4 is 23.2 Å². The summed E-state index contributed by atoms with van der Waals surface area (Å²) in [7, 11) is 0. The molecule has 1 heterocycles. The van der Waals surface area contributed by atoms with E-state index in [2.05, 4.69) is 5.32 Å². The maximum absolute atomic E-state index is 11.2. The number of hydrogen-bond acceptors (Lipinski definition) is 5. The lowest BCUT2D eigenvalue weighted by Gasteiger charge is -2.12. The molecule has 0 spiro atoms. The molecule has 1 aromatic heterocycles. The van der Waals surface area contributed by atoms with Crippen LogP contribution in [0.4, 0.5) is 0 Å². The van der Waals surface area contributed by atoms with Crippen LogP contribution in [0.3, 0.4) is 0 Å². The third kappa shape index (κ3) is 3.63. The lowest BCUT2D eigenvalue weighted by atomic mass is 10.2. The molecule has 0 aliphatic rings. The average molecular weight is 242 g/mol. The number of ether oxygens (including phenoxy) is 1. The van der Waals surface area contributed by atoms with Gasteiger partial charge in [-0.3, -0.25) is 14.9 Å². The molecule has 0 fully saturated rings. The molecule has 3 N–H and O–H groups in total. The Morgan fingerprint density at radius 3 is 2.88 bits per heavy atom. The zero-order valence-electron chi connectivity index (χ0n) is 8.93. The van der Waals surface area contributed by atoms with Crippen molar-refractivity contribution in [3.8, 4) is 0 Å². The molecule has 16 heavy (non-hydrogen) atoms. The topological polar surface area (TPSA) is 81.4 Å². The van der Waals surface area contributed by atoms with Crippen LogP contribution >= 0.6 is 11.3 Å². The van der Waals surface area contributed by atoms with Crippen molar-refractivity contribution < 1.29 is 14.3 Å². The number of nitrogens with one attached hydrogen (secondary N) is 1. The Hall–Kier alpha value is -1.40. The van der Waals surface area contributed by atoms with Gasteiger partial charge in [-0.15, -0.1) is 11.3 Å². The molecule has 0 aliphatic carbocycles. The number of thiophene rings is 1. The SMILES string of the molecule is CCOC(=O)CNC(C(N)=O)c1cccs1. The van der Waals surface area contributed by atoms with Gasteiger partial charge >= 0.3 is 5.97 Å². The maximum Gasteiger partial charge on any atom is 0.319 e. The molecule has 0 saturated heterocycles. The summed E-state index contributed by atoms with van der Waals surface area (Å²) in [5.41, 5.74) is 5.24.